The predicted molar refractivity (Wildman–Crippen MR) is 132 cm³/mol. The van der Waals surface area contributed by atoms with E-state index in [1.54, 1.807) is 7.11 Å². The van der Waals surface area contributed by atoms with Crippen LogP contribution >= 0.6 is 11.6 Å². The Morgan fingerprint density at radius 3 is 2.69 bits per heavy atom. The number of amides is 1. The van der Waals surface area contributed by atoms with Gasteiger partial charge in [-0.05, 0) is 57.0 Å². The van der Waals surface area contributed by atoms with Gasteiger partial charge in [0.25, 0.3) is 0 Å². The Morgan fingerprint density at radius 2 is 2.00 bits per heavy atom. The van der Waals surface area contributed by atoms with Crippen LogP contribution in [0.25, 0.3) is 6.08 Å². The van der Waals surface area contributed by atoms with Crippen molar-refractivity contribution in [2.75, 3.05) is 53.0 Å². The molecule has 2 atom stereocenters. The Balaban J connectivity index is 1.58. The van der Waals surface area contributed by atoms with Gasteiger partial charge in [-0.25, -0.2) is 0 Å². The number of nitrogens with one attached hydrogen (secondary N) is 2. The van der Waals surface area contributed by atoms with Gasteiger partial charge in [0.2, 0.25) is 5.91 Å². The molecule has 1 amide bonds. The van der Waals surface area contributed by atoms with Crippen LogP contribution in [-0.4, -0.2) is 86.8 Å². The molecule has 0 spiro atoms. The van der Waals surface area contributed by atoms with E-state index in [2.05, 4.69) is 27.4 Å². The summed E-state index contributed by atoms with van der Waals surface area (Å²) >= 11 is 6.49. The highest BCUT2D eigenvalue weighted by molar-refractivity contribution is 6.31. The summed E-state index contributed by atoms with van der Waals surface area (Å²) < 4.78 is 5.10. The molecule has 0 unspecified atom stereocenters. The fourth-order valence-corrected chi connectivity index (χ4v) is 5.08. The lowest BCUT2D eigenvalue weighted by molar-refractivity contribution is -0.126. The molecule has 1 aromatic rings. The molecule has 3 rings (SSSR count). The highest BCUT2D eigenvalue weighted by Crippen LogP contribution is 2.27. The summed E-state index contributed by atoms with van der Waals surface area (Å²) in [6, 6.07) is 10.7. The minimum absolute atomic E-state index is 0.0936. The van der Waals surface area contributed by atoms with Gasteiger partial charge in [-0.15, -0.1) is 0 Å². The molecule has 1 aromatic carbocycles. The van der Waals surface area contributed by atoms with E-state index in [9.17, 15) is 4.79 Å². The number of ether oxygens (including phenoxy) is 1. The largest absolute Gasteiger partial charge is 0.383 e. The molecule has 0 aromatic heterocycles. The number of nitrogens with zero attached hydrogens (tertiary/aromatic N) is 2. The summed E-state index contributed by atoms with van der Waals surface area (Å²) in [5, 5.41) is 7.44. The van der Waals surface area contributed by atoms with Crippen molar-refractivity contribution in [3.63, 3.8) is 0 Å². The minimum Gasteiger partial charge on any atom is -0.383 e. The first-order valence-corrected chi connectivity index (χ1v) is 12.4. The highest BCUT2D eigenvalue weighted by Gasteiger charge is 2.40. The number of carbonyl (C=O) groups is 1. The summed E-state index contributed by atoms with van der Waals surface area (Å²) in [5.41, 5.74) is 1.10. The lowest BCUT2D eigenvalue weighted by atomic mass is 10.0. The third kappa shape index (κ3) is 7.56. The maximum absolute atomic E-state index is 13.0. The second kappa shape index (κ2) is 13.3. The van der Waals surface area contributed by atoms with Crippen molar-refractivity contribution in [2.45, 2.75) is 50.7 Å². The molecule has 0 radical (unpaired) electrons. The van der Waals surface area contributed by atoms with Crippen molar-refractivity contribution in [1.29, 1.82) is 0 Å². The average Bonchev–Trinajstić information content (AvgIpc) is 3.24. The van der Waals surface area contributed by atoms with Crippen molar-refractivity contribution in [2.24, 2.45) is 0 Å². The Morgan fingerprint density at radius 1 is 1.25 bits per heavy atom. The number of carbonyl (C=O) groups excluding carboxylic acids is 1. The Kier molecular flexibility index (Phi) is 10.5. The predicted octanol–water partition coefficient (Wildman–Crippen LogP) is 2.94. The number of hydrogen-bond acceptors (Lipinski definition) is 5. The maximum atomic E-state index is 13.0. The molecule has 2 heterocycles. The molecule has 2 aliphatic rings. The van der Waals surface area contributed by atoms with E-state index in [-0.39, 0.29) is 18.0 Å². The van der Waals surface area contributed by atoms with Crippen LogP contribution in [0, 0.1) is 0 Å². The van der Waals surface area contributed by atoms with Gasteiger partial charge < -0.3 is 20.3 Å². The molecule has 0 aliphatic carbocycles. The van der Waals surface area contributed by atoms with E-state index in [4.69, 9.17) is 16.3 Å². The van der Waals surface area contributed by atoms with Crippen molar-refractivity contribution in [1.82, 2.24) is 20.4 Å². The number of hydrogen-bond donors (Lipinski definition) is 2. The van der Waals surface area contributed by atoms with Gasteiger partial charge >= 0.3 is 0 Å². The second-order valence-electron chi connectivity index (χ2n) is 8.88. The minimum atomic E-state index is -0.0936. The molecular formula is C25H39ClN4O2. The zero-order valence-electron chi connectivity index (χ0n) is 19.6. The van der Waals surface area contributed by atoms with Gasteiger partial charge in [-0.1, -0.05) is 48.9 Å². The summed E-state index contributed by atoms with van der Waals surface area (Å²) in [6.45, 7) is 8.24. The van der Waals surface area contributed by atoms with Crippen LogP contribution in [0.3, 0.4) is 0 Å². The van der Waals surface area contributed by atoms with Crippen molar-refractivity contribution < 1.29 is 9.53 Å². The Bertz CT molecular complexity index is 722. The van der Waals surface area contributed by atoms with Crippen molar-refractivity contribution in [3.8, 4) is 0 Å². The van der Waals surface area contributed by atoms with Crippen LogP contribution in [-0.2, 0) is 9.53 Å². The Hall–Kier alpha value is -1.44. The lowest BCUT2D eigenvalue weighted by Gasteiger charge is -2.39. The van der Waals surface area contributed by atoms with Gasteiger partial charge in [0.15, 0.2) is 0 Å². The van der Waals surface area contributed by atoms with E-state index in [1.165, 1.54) is 13.0 Å². The molecule has 2 fully saturated rings. The fourth-order valence-electron chi connectivity index (χ4n) is 4.88. The van der Waals surface area contributed by atoms with Crippen LogP contribution in [0.5, 0.6) is 0 Å². The summed E-state index contributed by atoms with van der Waals surface area (Å²) in [7, 11) is 1.66. The lowest BCUT2D eigenvalue weighted by Crippen LogP contribution is -2.51. The van der Waals surface area contributed by atoms with Gasteiger partial charge in [0.05, 0.1) is 12.6 Å². The molecule has 0 bridgehead atoms. The topological polar surface area (TPSA) is 56.8 Å². The number of likely N-dealkylation sites (tertiary alicyclic amines) is 2. The van der Waals surface area contributed by atoms with Crippen molar-refractivity contribution >= 4 is 23.6 Å². The second-order valence-corrected chi connectivity index (χ2v) is 9.37. The first-order valence-electron chi connectivity index (χ1n) is 12.0. The number of halogens is 1. The van der Waals surface area contributed by atoms with E-state index < -0.39 is 0 Å². The molecule has 178 valence electrons. The van der Waals surface area contributed by atoms with Crippen molar-refractivity contribution in [3.05, 3.63) is 40.9 Å². The van der Waals surface area contributed by atoms with Crippen LogP contribution in [0.4, 0.5) is 0 Å². The van der Waals surface area contributed by atoms with Crippen LogP contribution in [0.2, 0.25) is 0 Å². The third-order valence-corrected chi connectivity index (χ3v) is 6.74. The van der Waals surface area contributed by atoms with Gasteiger partial charge in [0, 0.05) is 43.9 Å². The molecular weight excluding hydrogens is 424 g/mol. The monoisotopic (exact) mass is 462 g/mol. The average molecular weight is 463 g/mol. The standard InChI is InChI=1S/C25H39ClN4O2/c1-3-12-29-13-9-23(10-14-29)30-19-22(17-24(30)25(31)27-11-15-32-2)28-18-21(26)16-20-7-5-4-6-8-20/h4-8,16,22-24,28H,3,9-15,17-19H2,1-2H3,(H,27,31)/b21-16-/t22-,24+/m1/s1. The maximum Gasteiger partial charge on any atom is 0.237 e. The Labute approximate surface area is 198 Å². The molecule has 7 heteroatoms. The van der Waals surface area contributed by atoms with E-state index >= 15 is 0 Å². The third-order valence-electron chi connectivity index (χ3n) is 6.50. The number of benzene rings is 1. The quantitative estimate of drug-likeness (QED) is 0.495. The molecule has 0 saturated carbocycles. The van der Waals surface area contributed by atoms with Crippen LogP contribution < -0.4 is 10.6 Å². The summed E-state index contributed by atoms with van der Waals surface area (Å²) in [5.74, 6) is 0.119. The molecule has 6 nitrogen and oxygen atoms in total. The van der Waals surface area contributed by atoms with Crippen LogP contribution in [0.1, 0.15) is 38.2 Å². The number of rotatable bonds is 11. The van der Waals surface area contributed by atoms with E-state index in [0.717, 1.165) is 49.5 Å². The molecule has 2 saturated heterocycles. The van der Waals surface area contributed by atoms with Gasteiger partial charge in [-0.2, -0.15) is 0 Å². The molecule has 2 aliphatic heterocycles. The normalized spacial score (nSPS) is 23.5. The zero-order valence-corrected chi connectivity index (χ0v) is 20.3. The first kappa shape index (κ1) is 25.2. The van der Waals surface area contributed by atoms with E-state index in [0.29, 0.717) is 25.7 Å². The zero-order chi connectivity index (χ0) is 22.8. The SMILES string of the molecule is CCCN1CCC(N2C[C@H](NC/C(Cl)=C/c3ccccc3)C[C@H]2C(=O)NCCOC)CC1. The smallest absolute Gasteiger partial charge is 0.237 e. The summed E-state index contributed by atoms with van der Waals surface area (Å²) in [6.07, 6.45) is 6.26. The van der Waals surface area contributed by atoms with Crippen LogP contribution in [0.15, 0.2) is 35.4 Å². The number of methoxy groups -OCH3 is 1. The fraction of sp³-hybridized carbons (Fsp3) is 0.640. The summed E-state index contributed by atoms with van der Waals surface area (Å²) in [4.78, 5) is 18.0. The molecule has 32 heavy (non-hydrogen) atoms. The first-order chi connectivity index (χ1) is 15.6. The van der Waals surface area contributed by atoms with Gasteiger partial charge in [-0.3, -0.25) is 9.69 Å². The highest BCUT2D eigenvalue weighted by atomic mass is 35.5. The molecule has 2 N–H and O–H groups in total. The van der Waals surface area contributed by atoms with E-state index in [1.807, 2.05) is 36.4 Å². The number of piperidine rings is 1. The van der Waals surface area contributed by atoms with Gasteiger partial charge in [0.1, 0.15) is 0 Å².